The number of hydrogen-bond donors (Lipinski definition) is 0. The predicted molar refractivity (Wildman–Crippen MR) is 93.4 cm³/mol. The second-order valence-electron chi connectivity index (χ2n) is 6.93. The summed E-state index contributed by atoms with van der Waals surface area (Å²) in [5.41, 5.74) is 0.803. The lowest BCUT2D eigenvalue weighted by Crippen LogP contribution is -2.38. The summed E-state index contributed by atoms with van der Waals surface area (Å²) < 4.78 is 23.0. The van der Waals surface area contributed by atoms with Crippen molar-refractivity contribution in [1.82, 2.24) is 4.90 Å². The molecule has 1 aromatic carbocycles. The van der Waals surface area contributed by atoms with Crippen LogP contribution in [0.25, 0.3) is 0 Å². The minimum absolute atomic E-state index is 0.0209. The van der Waals surface area contributed by atoms with Crippen molar-refractivity contribution < 1.29 is 13.2 Å². The number of rotatable bonds is 7. The first kappa shape index (κ1) is 18.3. The van der Waals surface area contributed by atoms with Gasteiger partial charge in [-0.25, -0.2) is 8.42 Å². The zero-order valence-electron chi connectivity index (χ0n) is 13.9. The van der Waals surface area contributed by atoms with Gasteiger partial charge in [0.1, 0.15) is 9.84 Å². The number of halogens is 1. The first-order valence-corrected chi connectivity index (χ1v) is 10.2. The molecule has 1 aliphatic carbocycles. The maximum atomic E-state index is 12.5. The molecule has 0 aromatic heterocycles. The molecular formula is C17H24ClNO3S. The van der Waals surface area contributed by atoms with Gasteiger partial charge in [-0.15, -0.1) is 0 Å². The summed E-state index contributed by atoms with van der Waals surface area (Å²) in [7, 11) is -1.26. The highest BCUT2D eigenvalue weighted by Crippen LogP contribution is 2.50. The minimum Gasteiger partial charge on any atom is -0.343 e. The van der Waals surface area contributed by atoms with E-state index < -0.39 is 9.84 Å². The van der Waals surface area contributed by atoms with E-state index in [1.807, 2.05) is 31.2 Å². The zero-order chi connectivity index (χ0) is 17.3. The van der Waals surface area contributed by atoms with Crippen LogP contribution in [0, 0.1) is 5.41 Å². The van der Waals surface area contributed by atoms with Gasteiger partial charge in [0, 0.05) is 30.8 Å². The average Bonchev–Trinajstić information content (AvgIpc) is 3.17. The molecule has 0 N–H and O–H groups in total. The van der Waals surface area contributed by atoms with Crippen molar-refractivity contribution in [3.8, 4) is 0 Å². The molecule has 0 saturated heterocycles. The Morgan fingerprint density at radius 1 is 1.30 bits per heavy atom. The number of carbonyl (C=O) groups excluding carboxylic acids is 1. The maximum Gasteiger partial charge on any atom is 0.223 e. The molecule has 0 bridgehead atoms. The Morgan fingerprint density at radius 3 is 2.35 bits per heavy atom. The fourth-order valence-corrected chi connectivity index (χ4v) is 4.52. The summed E-state index contributed by atoms with van der Waals surface area (Å²) in [6.45, 7) is 2.00. The standard InChI is InChI=1S/C17H24ClNO3S/c1-13(10-14-4-6-15(18)7-5-14)19(2)16(20)11-17(8-9-17)12-23(3,21)22/h4-7,13H,8-12H2,1-3H3/t13-/m1/s1. The van der Waals surface area contributed by atoms with E-state index >= 15 is 0 Å². The Morgan fingerprint density at radius 2 is 1.87 bits per heavy atom. The number of likely N-dealkylation sites (N-methyl/N-ethyl adjacent to an activating group) is 1. The lowest BCUT2D eigenvalue weighted by Gasteiger charge is -2.27. The number of amides is 1. The van der Waals surface area contributed by atoms with Crippen molar-refractivity contribution in [2.45, 2.75) is 38.6 Å². The first-order valence-electron chi connectivity index (χ1n) is 7.78. The third-order valence-corrected chi connectivity index (χ3v) is 5.94. The first-order chi connectivity index (χ1) is 10.6. The Balaban J connectivity index is 1.92. The largest absolute Gasteiger partial charge is 0.343 e. The van der Waals surface area contributed by atoms with Crippen molar-refractivity contribution in [3.05, 3.63) is 34.9 Å². The van der Waals surface area contributed by atoms with Crippen LogP contribution in [0.15, 0.2) is 24.3 Å². The lowest BCUT2D eigenvalue weighted by atomic mass is 10.0. The minimum atomic E-state index is -3.05. The van der Waals surface area contributed by atoms with Crippen LogP contribution in [0.1, 0.15) is 31.7 Å². The third kappa shape index (κ3) is 5.50. The number of benzene rings is 1. The summed E-state index contributed by atoms with van der Waals surface area (Å²) in [4.78, 5) is 14.2. The van der Waals surface area contributed by atoms with Gasteiger partial charge in [0.15, 0.2) is 0 Å². The molecule has 2 rings (SSSR count). The number of nitrogens with zero attached hydrogens (tertiary/aromatic N) is 1. The molecule has 0 unspecified atom stereocenters. The van der Waals surface area contributed by atoms with Crippen LogP contribution in [-0.2, 0) is 21.1 Å². The molecule has 128 valence electrons. The van der Waals surface area contributed by atoms with Crippen LogP contribution >= 0.6 is 11.6 Å². The summed E-state index contributed by atoms with van der Waals surface area (Å²) in [6, 6.07) is 7.66. The van der Waals surface area contributed by atoms with E-state index in [1.54, 1.807) is 11.9 Å². The highest BCUT2D eigenvalue weighted by Gasteiger charge is 2.47. The van der Waals surface area contributed by atoms with Crippen molar-refractivity contribution in [2.75, 3.05) is 19.1 Å². The molecule has 1 atom stereocenters. The Kier molecular flexibility index (Phi) is 5.41. The van der Waals surface area contributed by atoms with E-state index in [2.05, 4.69) is 0 Å². The SMILES string of the molecule is C[C@H](Cc1ccc(Cl)cc1)N(C)C(=O)CC1(CS(C)(=O)=O)CC1. The Bertz CT molecular complexity index is 666. The molecule has 0 heterocycles. The van der Waals surface area contributed by atoms with Gasteiger partial charge < -0.3 is 4.90 Å². The van der Waals surface area contributed by atoms with Crippen molar-refractivity contribution in [3.63, 3.8) is 0 Å². The predicted octanol–water partition coefficient (Wildman–Crippen LogP) is 2.94. The zero-order valence-corrected chi connectivity index (χ0v) is 15.5. The third-order valence-electron chi connectivity index (χ3n) is 4.55. The van der Waals surface area contributed by atoms with Gasteiger partial charge in [0.05, 0.1) is 5.75 Å². The quantitative estimate of drug-likeness (QED) is 0.753. The molecule has 4 nitrogen and oxygen atoms in total. The summed E-state index contributed by atoms with van der Waals surface area (Å²) in [6.07, 6.45) is 3.96. The summed E-state index contributed by atoms with van der Waals surface area (Å²) in [5.74, 6) is 0.137. The van der Waals surface area contributed by atoms with Crippen molar-refractivity contribution >= 4 is 27.3 Å². The fraction of sp³-hybridized carbons (Fsp3) is 0.588. The molecular weight excluding hydrogens is 334 g/mol. The van der Waals surface area contributed by atoms with Gasteiger partial charge in [0.25, 0.3) is 0 Å². The van der Waals surface area contributed by atoms with Crippen LogP contribution in [0.2, 0.25) is 5.02 Å². The van der Waals surface area contributed by atoms with Crippen LogP contribution in [0.4, 0.5) is 0 Å². The molecule has 0 radical (unpaired) electrons. The number of sulfone groups is 1. The molecule has 23 heavy (non-hydrogen) atoms. The van der Waals surface area contributed by atoms with Crippen LogP contribution in [0.5, 0.6) is 0 Å². The van der Waals surface area contributed by atoms with E-state index in [1.165, 1.54) is 6.26 Å². The Labute approximate surface area is 143 Å². The van der Waals surface area contributed by atoms with E-state index in [-0.39, 0.29) is 23.1 Å². The van der Waals surface area contributed by atoms with Crippen molar-refractivity contribution in [2.24, 2.45) is 5.41 Å². The molecule has 1 saturated carbocycles. The second-order valence-corrected chi connectivity index (χ2v) is 9.51. The summed E-state index contributed by atoms with van der Waals surface area (Å²) >= 11 is 5.88. The van der Waals surface area contributed by atoms with Gasteiger partial charge in [-0.1, -0.05) is 23.7 Å². The van der Waals surface area contributed by atoms with E-state index in [0.717, 1.165) is 24.8 Å². The highest BCUT2D eigenvalue weighted by molar-refractivity contribution is 7.90. The van der Waals surface area contributed by atoms with Crippen molar-refractivity contribution in [1.29, 1.82) is 0 Å². The lowest BCUT2D eigenvalue weighted by molar-refractivity contribution is -0.132. The van der Waals surface area contributed by atoms with Gasteiger partial charge in [-0.05, 0) is 49.3 Å². The molecule has 1 aromatic rings. The van der Waals surface area contributed by atoms with E-state index in [4.69, 9.17) is 11.6 Å². The maximum absolute atomic E-state index is 12.5. The van der Waals surface area contributed by atoms with Gasteiger partial charge >= 0.3 is 0 Å². The second kappa shape index (κ2) is 6.81. The molecule has 1 aliphatic rings. The molecule has 1 amide bonds. The molecule has 1 fully saturated rings. The monoisotopic (exact) mass is 357 g/mol. The fourth-order valence-electron chi connectivity index (χ4n) is 2.89. The van der Waals surface area contributed by atoms with Crippen LogP contribution in [-0.4, -0.2) is 44.3 Å². The highest BCUT2D eigenvalue weighted by atomic mass is 35.5. The Hall–Kier alpha value is -1.07. The van der Waals surface area contributed by atoms with Gasteiger partial charge in [0.2, 0.25) is 5.91 Å². The van der Waals surface area contributed by atoms with E-state index in [0.29, 0.717) is 11.4 Å². The topological polar surface area (TPSA) is 54.5 Å². The number of hydrogen-bond acceptors (Lipinski definition) is 3. The van der Waals surface area contributed by atoms with Gasteiger partial charge in [-0.2, -0.15) is 0 Å². The van der Waals surface area contributed by atoms with E-state index in [9.17, 15) is 13.2 Å². The average molecular weight is 358 g/mol. The molecule has 0 aliphatic heterocycles. The van der Waals surface area contributed by atoms with Gasteiger partial charge in [-0.3, -0.25) is 4.79 Å². The normalized spacial score (nSPS) is 17.6. The van der Waals surface area contributed by atoms with Crippen LogP contribution in [0.3, 0.4) is 0 Å². The smallest absolute Gasteiger partial charge is 0.223 e. The summed E-state index contributed by atoms with van der Waals surface area (Å²) in [5, 5.41) is 0.697. The number of carbonyl (C=O) groups is 1. The molecule has 0 spiro atoms. The van der Waals surface area contributed by atoms with Crippen LogP contribution < -0.4 is 0 Å². The molecule has 6 heteroatoms.